The molecule has 1 aromatic carbocycles. The van der Waals surface area contributed by atoms with Crippen molar-refractivity contribution >= 4 is 0 Å². The van der Waals surface area contributed by atoms with Gasteiger partial charge in [-0.1, -0.05) is 18.2 Å². The minimum Gasteiger partial charge on any atom is -0.310 e. The van der Waals surface area contributed by atoms with E-state index in [0.29, 0.717) is 18.2 Å². The molecule has 1 N–H and O–H groups in total. The molecule has 3 rings (SSSR count). The minimum absolute atomic E-state index is 0.295. The molecule has 1 aromatic rings. The van der Waals surface area contributed by atoms with Crippen molar-refractivity contribution in [3.8, 4) is 0 Å². The predicted molar refractivity (Wildman–Crippen MR) is 75.9 cm³/mol. The standard InChI is InChI=1S/C16H21F3N2/c17-16(18,19)15-4-2-1-3-12(15)11-20-13-7-9-21(10-8-13)14-5-6-14/h1-4,13-14,20H,5-11H2. The summed E-state index contributed by atoms with van der Waals surface area (Å²) in [6.45, 7) is 2.44. The average Bonchev–Trinajstić information content (AvgIpc) is 3.30. The van der Waals surface area contributed by atoms with E-state index in [4.69, 9.17) is 0 Å². The molecular formula is C16H21F3N2. The molecule has 0 aromatic heterocycles. The monoisotopic (exact) mass is 298 g/mol. The third-order valence-corrected chi connectivity index (χ3v) is 4.50. The first-order chi connectivity index (χ1) is 10.0. The van der Waals surface area contributed by atoms with E-state index in [1.54, 1.807) is 12.1 Å². The fourth-order valence-corrected chi connectivity index (χ4v) is 3.11. The van der Waals surface area contributed by atoms with Crippen LogP contribution in [-0.2, 0) is 12.7 Å². The van der Waals surface area contributed by atoms with Crippen molar-refractivity contribution in [3.05, 3.63) is 35.4 Å². The molecule has 1 aliphatic carbocycles. The lowest BCUT2D eigenvalue weighted by Crippen LogP contribution is -2.43. The summed E-state index contributed by atoms with van der Waals surface area (Å²) in [6.07, 6.45) is 0.428. The Morgan fingerprint density at radius 3 is 2.33 bits per heavy atom. The van der Waals surface area contributed by atoms with E-state index in [-0.39, 0.29) is 0 Å². The maximum absolute atomic E-state index is 12.9. The Morgan fingerprint density at radius 1 is 1.05 bits per heavy atom. The van der Waals surface area contributed by atoms with Gasteiger partial charge in [0.2, 0.25) is 0 Å². The van der Waals surface area contributed by atoms with Gasteiger partial charge in [-0.25, -0.2) is 0 Å². The van der Waals surface area contributed by atoms with Crippen LogP contribution >= 0.6 is 0 Å². The molecule has 116 valence electrons. The highest BCUT2D eigenvalue weighted by Crippen LogP contribution is 2.32. The number of hydrogen-bond donors (Lipinski definition) is 1. The Labute approximate surface area is 123 Å². The van der Waals surface area contributed by atoms with E-state index >= 15 is 0 Å². The summed E-state index contributed by atoms with van der Waals surface area (Å²) in [4.78, 5) is 2.52. The summed E-state index contributed by atoms with van der Waals surface area (Å²) < 4.78 is 38.8. The molecule has 2 fully saturated rings. The number of halogens is 3. The van der Waals surface area contributed by atoms with Crippen molar-refractivity contribution in [1.82, 2.24) is 10.2 Å². The van der Waals surface area contributed by atoms with Gasteiger partial charge in [-0.15, -0.1) is 0 Å². The van der Waals surface area contributed by atoms with Gasteiger partial charge in [0, 0.05) is 18.6 Å². The van der Waals surface area contributed by atoms with Crippen LogP contribution in [-0.4, -0.2) is 30.1 Å². The molecule has 0 spiro atoms. The summed E-state index contributed by atoms with van der Waals surface area (Å²) in [7, 11) is 0. The van der Waals surface area contributed by atoms with Crippen LogP contribution in [0, 0.1) is 0 Å². The van der Waals surface area contributed by atoms with Gasteiger partial charge < -0.3 is 10.2 Å². The number of nitrogens with zero attached hydrogens (tertiary/aromatic N) is 1. The zero-order valence-corrected chi connectivity index (χ0v) is 12.0. The first-order valence-corrected chi connectivity index (χ1v) is 7.66. The SMILES string of the molecule is FC(F)(F)c1ccccc1CNC1CCN(C2CC2)CC1. The van der Waals surface area contributed by atoms with Crippen LogP contribution in [0.25, 0.3) is 0 Å². The van der Waals surface area contributed by atoms with Crippen molar-refractivity contribution < 1.29 is 13.2 Å². The molecule has 0 radical (unpaired) electrons. The minimum atomic E-state index is -4.27. The molecule has 2 aliphatic rings. The van der Waals surface area contributed by atoms with E-state index in [1.807, 2.05) is 0 Å². The van der Waals surface area contributed by atoms with Crippen molar-refractivity contribution in [2.24, 2.45) is 0 Å². The molecule has 1 saturated carbocycles. The van der Waals surface area contributed by atoms with Crippen molar-refractivity contribution in [2.45, 2.75) is 50.5 Å². The van der Waals surface area contributed by atoms with Crippen LogP contribution in [0.3, 0.4) is 0 Å². The van der Waals surface area contributed by atoms with Gasteiger partial charge >= 0.3 is 6.18 Å². The van der Waals surface area contributed by atoms with Crippen LogP contribution in [0.15, 0.2) is 24.3 Å². The largest absolute Gasteiger partial charge is 0.416 e. The van der Waals surface area contributed by atoms with Crippen molar-refractivity contribution in [1.29, 1.82) is 0 Å². The number of nitrogens with one attached hydrogen (secondary N) is 1. The molecule has 0 bridgehead atoms. The van der Waals surface area contributed by atoms with Crippen LogP contribution in [0.4, 0.5) is 13.2 Å². The average molecular weight is 298 g/mol. The molecule has 0 atom stereocenters. The first kappa shape index (κ1) is 14.9. The number of likely N-dealkylation sites (tertiary alicyclic amines) is 1. The highest BCUT2D eigenvalue weighted by molar-refractivity contribution is 5.29. The lowest BCUT2D eigenvalue weighted by atomic mass is 10.0. The highest BCUT2D eigenvalue weighted by atomic mass is 19.4. The number of piperidine rings is 1. The van der Waals surface area contributed by atoms with Gasteiger partial charge in [0.15, 0.2) is 0 Å². The molecule has 0 amide bonds. The zero-order valence-electron chi connectivity index (χ0n) is 12.0. The Kier molecular flexibility index (Phi) is 4.22. The number of benzene rings is 1. The van der Waals surface area contributed by atoms with Gasteiger partial charge in [0.05, 0.1) is 5.56 Å². The maximum Gasteiger partial charge on any atom is 0.416 e. The van der Waals surface area contributed by atoms with Gasteiger partial charge in [-0.2, -0.15) is 13.2 Å². The van der Waals surface area contributed by atoms with E-state index in [9.17, 15) is 13.2 Å². The lowest BCUT2D eigenvalue weighted by Gasteiger charge is -2.32. The number of alkyl halides is 3. The molecule has 1 heterocycles. The maximum atomic E-state index is 12.9. The summed E-state index contributed by atoms with van der Waals surface area (Å²) >= 11 is 0. The predicted octanol–water partition coefficient (Wildman–Crippen LogP) is 3.42. The van der Waals surface area contributed by atoms with Gasteiger partial charge in [-0.3, -0.25) is 0 Å². The van der Waals surface area contributed by atoms with Gasteiger partial charge in [0.25, 0.3) is 0 Å². The lowest BCUT2D eigenvalue weighted by molar-refractivity contribution is -0.138. The van der Waals surface area contributed by atoms with Crippen LogP contribution in [0.2, 0.25) is 0 Å². The first-order valence-electron chi connectivity index (χ1n) is 7.66. The molecule has 1 saturated heterocycles. The van der Waals surface area contributed by atoms with Crippen LogP contribution < -0.4 is 5.32 Å². The van der Waals surface area contributed by atoms with Gasteiger partial charge in [0.1, 0.15) is 0 Å². The Morgan fingerprint density at radius 2 is 1.71 bits per heavy atom. The summed E-state index contributed by atoms with van der Waals surface area (Å²) in [5, 5.41) is 3.30. The van der Waals surface area contributed by atoms with Crippen LogP contribution in [0.1, 0.15) is 36.8 Å². The Bertz CT molecular complexity index is 475. The Hall–Kier alpha value is -1.07. The second-order valence-electron chi connectivity index (χ2n) is 6.08. The van der Waals surface area contributed by atoms with Crippen molar-refractivity contribution in [2.75, 3.05) is 13.1 Å². The van der Waals surface area contributed by atoms with Crippen molar-refractivity contribution in [3.63, 3.8) is 0 Å². The Balaban J connectivity index is 1.53. The normalized spacial score (nSPS) is 21.7. The zero-order chi connectivity index (χ0) is 14.9. The summed E-state index contributed by atoms with van der Waals surface area (Å²) in [6, 6.07) is 6.96. The highest BCUT2D eigenvalue weighted by Gasteiger charge is 2.34. The molecule has 2 nitrogen and oxygen atoms in total. The number of hydrogen-bond acceptors (Lipinski definition) is 2. The van der Waals surface area contributed by atoms with E-state index in [1.165, 1.54) is 18.9 Å². The summed E-state index contributed by atoms with van der Waals surface area (Å²) in [5.41, 5.74) is -0.178. The third-order valence-electron chi connectivity index (χ3n) is 4.50. The fraction of sp³-hybridized carbons (Fsp3) is 0.625. The quantitative estimate of drug-likeness (QED) is 0.916. The second-order valence-corrected chi connectivity index (χ2v) is 6.08. The van der Waals surface area contributed by atoms with E-state index < -0.39 is 11.7 Å². The van der Waals surface area contributed by atoms with E-state index in [2.05, 4.69) is 10.2 Å². The van der Waals surface area contributed by atoms with Crippen LogP contribution in [0.5, 0.6) is 0 Å². The molecule has 0 unspecified atom stereocenters. The van der Waals surface area contributed by atoms with E-state index in [0.717, 1.165) is 38.0 Å². The number of rotatable bonds is 4. The topological polar surface area (TPSA) is 15.3 Å². The second kappa shape index (κ2) is 5.97. The fourth-order valence-electron chi connectivity index (χ4n) is 3.11. The molecule has 21 heavy (non-hydrogen) atoms. The molecular weight excluding hydrogens is 277 g/mol. The molecule has 1 aliphatic heterocycles. The van der Waals surface area contributed by atoms with Gasteiger partial charge in [-0.05, 0) is 50.4 Å². The third kappa shape index (κ3) is 3.77. The summed E-state index contributed by atoms with van der Waals surface area (Å²) in [5.74, 6) is 0. The smallest absolute Gasteiger partial charge is 0.310 e. The molecule has 5 heteroatoms.